The van der Waals surface area contributed by atoms with Crippen LogP contribution in [0.25, 0.3) is 11.0 Å². The molecule has 0 bridgehead atoms. The molecule has 1 saturated heterocycles. The summed E-state index contributed by atoms with van der Waals surface area (Å²) in [6.45, 7) is 7.29. The van der Waals surface area contributed by atoms with Crippen LogP contribution in [0.3, 0.4) is 0 Å². The van der Waals surface area contributed by atoms with Crippen LogP contribution in [0.1, 0.15) is 46.8 Å². The number of hydrogen-bond donors (Lipinski definition) is 0. The molecule has 4 rings (SSSR count). The van der Waals surface area contributed by atoms with E-state index in [9.17, 15) is 19.7 Å². The van der Waals surface area contributed by atoms with Gasteiger partial charge in [-0.25, -0.2) is 9.59 Å². The summed E-state index contributed by atoms with van der Waals surface area (Å²) >= 11 is 0. The van der Waals surface area contributed by atoms with E-state index in [4.69, 9.17) is 9.15 Å². The maximum Gasteiger partial charge on any atom is 0.338 e. The minimum Gasteiger partial charge on any atom is -0.457 e. The molecule has 0 saturated carbocycles. The third kappa shape index (κ3) is 4.60. The Labute approximate surface area is 190 Å². The van der Waals surface area contributed by atoms with Crippen molar-refractivity contribution in [2.75, 3.05) is 18.0 Å². The molecule has 0 aliphatic carbocycles. The summed E-state index contributed by atoms with van der Waals surface area (Å²) in [5.74, 6) is -0.0964. The van der Waals surface area contributed by atoms with Crippen LogP contribution in [-0.2, 0) is 11.3 Å². The van der Waals surface area contributed by atoms with Gasteiger partial charge in [-0.2, -0.15) is 0 Å². The van der Waals surface area contributed by atoms with E-state index >= 15 is 0 Å². The first kappa shape index (κ1) is 22.5. The van der Waals surface area contributed by atoms with Gasteiger partial charge in [-0.3, -0.25) is 10.1 Å². The van der Waals surface area contributed by atoms with Gasteiger partial charge < -0.3 is 14.1 Å². The second-order valence-corrected chi connectivity index (χ2v) is 8.68. The standard InChI is InChI=1S/C25H26N2O6/c1-15-8-10-26(11-9-15)21-7-5-18(12-22(21)27(30)31)25(29)32-14-19-13-23(28)33-24-17(3)16(2)4-6-20(19)24/h4-7,12-13,15H,8-11,14H2,1-3H3. The molecular formula is C25H26N2O6. The number of nitro groups is 1. The van der Waals surface area contributed by atoms with Crippen LogP contribution in [0.2, 0.25) is 0 Å². The van der Waals surface area contributed by atoms with Gasteiger partial charge in [0.25, 0.3) is 5.69 Å². The number of hydrogen-bond acceptors (Lipinski definition) is 7. The molecule has 8 nitrogen and oxygen atoms in total. The first-order valence-electron chi connectivity index (χ1n) is 11.0. The van der Waals surface area contributed by atoms with E-state index in [2.05, 4.69) is 6.92 Å². The number of carbonyl (C=O) groups is 1. The lowest BCUT2D eigenvalue weighted by Crippen LogP contribution is -2.33. The van der Waals surface area contributed by atoms with E-state index in [-0.39, 0.29) is 17.9 Å². The van der Waals surface area contributed by atoms with Crippen LogP contribution in [0.15, 0.2) is 45.6 Å². The fourth-order valence-corrected chi connectivity index (χ4v) is 4.18. The predicted octanol–water partition coefficient (Wildman–Crippen LogP) is 4.91. The van der Waals surface area contributed by atoms with Crippen molar-refractivity contribution in [3.63, 3.8) is 0 Å². The molecule has 2 heterocycles. The second-order valence-electron chi connectivity index (χ2n) is 8.68. The summed E-state index contributed by atoms with van der Waals surface area (Å²) in [6.07, 6.45) is 1.94. The van der Waals surface area contributed by atoms with Gasteiger partial charge in [0.2, 0.25) is 0 Å². The minimum absolute atomic E-state index is 0.0927. The van der Waals surface area contributed by atoms with Gasteiger partial charge in [0, 0.05) is 36.2 Å². The Balaban J connectivity index is 1.57. The van der Waals surface area contributed by atoms with E-state index in [1.54, 1.807) is 12.1 Å². The first-order valence-corrected chi connectivity index (χ1v) is 11.0. The lowest BCUT2D eigenvalue weighted by molar-refractivity contribution is -0.384. The van der Waals surface area contributed by atoms with Gasteiger partial charge in [-0.05, 0) is 55.9 Å². The maximum atomic E-state index is 12.7. The molecule has 0 radical (unpaired) electrons. The number of piperidine rings is 1. The number of benzene rings is 2. The van der Waals surface area contributed by atoms with Gasteiger partial charge in [0.1, 0.15) is 17.9 Å². The number of anilines is 1. The molecule has 1 fully saturated rings. The molecule has 0 N–H and O–H groups in total. The summed E-state index contributed by atoms with van der Waals surface area (Å²) in [4.78, 5) is 38.0. The minimum atomic E-state index is -0.692. The zero-order valence-corrected chi connectivity index (χ0v) is 18.9. The zero-order chi connectivity index (χ0) is 23.7. The molecule has 3 aromatic rings. The number of carbonyl (C=O) groups excluding carboxylic acids is 1. The average Bonchev–Trinajstić information content (AvgIpc) is 2.80. The highest BCUT2D eigenvalue weighted by atomic mass is 16.6. The lowest BCUT2D eigenvalue weighted by Gasteiger charge is -2.31. The number of ether oxygens (including phenoxy) is 1. The van der Waals surface area contributed by atoms with Gasteiger partial charge in [-0.15, -0.1) is 0 Å². The van der Waals surface area contributed by atoms with Crippen LogP contribution in [0.4, 0.5) is 11.4 Å². The molecule has 0 atom stereocenters. The van der Waals surface area contributed by atoms with E-state index in [1.165, 1.54) is 12.1 Å². The Morgan fingerprint density at radius 1 is 1.18 bits per heavy atom. The van der Waals surface area contributed by atoms with Crippen LogP contribution in [0.5, 0.6) is 0 Å². The number of esters is 1. The van der Waals surface area contributed by atoms with Crippen molar-refractivity contribution >= 4 is 28.3 Å². The van der Waals surface area contributed by atoms with E-state index in [0.29, 0.717) is 28.1 Å². The fourth-order valence-electron chi connectivity index (χ4n) is 4.18. The highest BCUT2D eigenvalue weighted by Gasteiger charge is 2.25. The van der Waals surface area contributed by atoms with Crippen LogP contribution >= 0.6 is 0 Å². The Morgan fingerprint density at radius 2 is 1.91 bits per heavy atom. The molecule has 8 heteroatoms. The van der Waals surface area contributed by atoms with E-state index in [1.807, 2.05) is 30.9 Å². The largest absolute Gasteiger partial charge is 0.457 e. The molecule has 172 valence electrons. The van der Waals surface area contributed by atoms with Crippen molar-refractivity contribution in [2.45, 2.75) is 40.2 Å². The second kappa shape index (κ2) is 9.05. The maximum absolute atomic E-state index is 12.7. The van der Waals surface area contributed by atoms with E-state index < -0.39 is 16.5 Å². The summed E-state index contributed by atoms with van der Waals surface area (Å²) in [5, 5.41) is 12.4. The van der Waals surface area contributed by atoms with Crippen molar-refractivity contribution in [1.29, 1.82) is 0 Å². The predicted molar refractivity (Wildman–Crippen MR) is 125 cm³/mol. The smallest absolute Gasteiger partial charge is 0.338 e. The summed E-state index contributed by atoms with van der Waals surface area (Å²) in [5.41, 5.74) is 2.77. The van der Waals surface area contributed by atoms with Crippen LogP contribution < -0.4 is 10.5 Å². The highest BCUT2D eigenvalue weighted by Crippen LogP contribution is 2.32. The lowest BCUT2D eigenvalue weighted by atomic mass is 9.98. The monoisotopic (exact) mass is 450 g/mol. The van der Waals surface area contributed by atoms with Crippen molar-refractivity contribution in [1.82, 2.24) is 0 Å². The summed E-state index contributed by atoms with van der Waals surface area (Å²) in [7, 11) is 0. The molecule has 1 aliphatic heterocycles. The Kier molecular flexibility index (Phi) is 6.18. The molecule has 0 spiro atoms. The van der Waals surface area contributed by atoms with Crippen LogP contribution in [-0.4, -0.2) is 24.0 Å². The topological polar surface area (TPSA) is 103 Å². The van der Waals surface area contributed by atoms with Gasteiger partial charge in [0.05, 0.1) is 10.5 Å². The number of rotatable bonds is 5. The third-order valence-corrected chi connectivity index (χ3v) is 6.41. The van der Waals surface area contributed by atoms with E-state index in [0.717, 1.165) is 37.1 Å². The molecule has 0 amide bonds. The van der Waals surface area contributed by atoms with Crippen molar-refractivity contribution in [3.05, 3.63) is 79.2 Å². The molecule has 2 aromatic carbocycles. The van der Waals surface area contributed by atoms with Gasteiger partial charge in [0.15, 0.2) is 0 Å². The number of nitrogens with zero attached hydrogens (tertiary/aromatic N) is 2. The van der Waals surface area contributed by atoms with Crippen LogP contribution in [0, 0.1) is 29.9 Å². The Hall–Kier alpha value is -3.68. The van der Waals surface area contributed by atoms with Gasteiger partial charge >= 0.3 is 11.6 Å². The Bertz CT molecular complexity index is 1290. The molecule has 0 unspecified atom stereocenters. The fraction of sp³-hybridized carbons (Fsp3) is 0.360. The molecule has 1 aromatic heterocycles. The number of aryl methyl sites for hydroxylation is 2. The first-order chi connectivity index (χ1) is 15.7. The highest BCUT2D eigenvalue weighted by molar-refractivity contribution is 5.92. The normalized spacial score (nSPS) is 14.5. The number of fused-ring (bicyclic) bond motifs is 1. The van der Waals surface area contributed by atoms with Crippen molar-refractivity contribution in [3.8, 4) is 0 Å². The zero-order valence-electron chi connectivity index (χ0n) is 18.9. The molecule has 33 heavy (non-hydrogen) atoms. The quantitative estimate of drug-likeness (QED) is 0.235. The molecular weight excluding hydrogens is 424 g/mol. The number of nitro benzene ring substituents is 1. The average molecular weight is 450 g/mol. The Morgan fingerprint density at radius 3 is 2.61 bits per heavy atom. The van der Waals surface area contributed by atoms with Crippen molar-refractivity contribution < 1.29 is 18.9 Å². The third-order valence-electron chi connectivity index (χ3n) is 6.41. The van der Waals surface area contributed by atoms with Gasteiger partial charge in [-0.1, -0.05) is 19.1 Å². The summed E-state index contributed by atoms with van der Waals surface area (Å²) in [6, 6.07) is 9.46. The van der Waals surface area contributed by atoms with Crippen molar-refractivity contribution in [2.24, 2.45) is 5.92 Å². The summed E-state index contributed by atoms with van der Waals surface area (Å²) < 4.78 is 10.8. The SMILES string of the molecule is Cc1ccc2c(COC(=O)c3ccc(N4CCC(C)CC4)c([N+](=O)[O-])c3)cc(=O)oc2c1C. The molecule has 1 aliphatic rings.